The summed E-state index contributed by atoms with van der Waals surface area (Å²) in [7, 11) is 0. The van der Waals surface area contributed by atoms with Crippen molar-refractivity contribution in [2.45, 2.75) is 6.54 Å². The molecule has 0 aliphatic rings. The first-order chi connectivity index (χ1) is 7.15. The van der Waals surface area contributed by atoms with Gasteiger partial charge in [0.2, 0.25) is 4.47 Å². The molecule has 0 atom stereocenters. The molecule has 2 rings (SSSR count). The third-order valence-corrected chi connectivity index (χ3v) is 2.57. The van der Waals surface area contributed by atoms with Gasteiger partial charge in [-0.3, -0.25) is 14.8 Å². The molecule has 2 heterocycles. The molecular formula is C6H4ClN5O2S. The largest absolute Gasteiger partial charge is 0.307 e. The van der Waals surface area contributed by atoms with Crippen molar-refractivity contribution >= 4 is 28.6 Å². The Balaban J connectivity index is 2.14. The highest BCUT2D eigenvalue weighted by Crippen LogP contribution is 2.16. The smallest absolute Gasteiger partial charge is 0.259 e. The van der Waals surface area contributed by atoms with Crippen LogP contribution in [-0.2, 0) is 6.54 Å². The van der Waals surface area contributed by atoms with E-state index >= 15 is 0 Å². The molecule has 0 saturated heterocycles. The highest BCUT2D eigenvalue weighted by atomic mass is 35.5. The van der Waals surface area contributed by atoms with Gasteiger partial charge in [-0.1, -0.05) is 11.3 Å². The number of hydrogen-bond donors (Lipinski definition) is 0. The van der Waals surface area contributed by atoms with Gasteiger partial charge in [-0.2, -0.15) is 5.10 Å². The summed E-state index contributed by atoms with van der Waals surface area (Å²) in [5, 5.41) is 22.2. The second-order valence-electron chi connectivity index (χ2n) is 2.60. The molecule has 2 aromatic heterocycles. The highest BCUT2D eigenvalue weighted by molar-refractivity contribution is 7.15. The van der Waals surface area contributed by atoms with Crippen molar-refractivity contribution in [2.75, 3.05) is 0 Å². The van der Waals surface area contributed by atoms with Crippen LogP contribution in [0.5, 0.6) is 0 Å². The summed E-state index contributed by atoms with van der Waals surface area (Å²) in [5.74, 6) is 0. The SMILES string of the molecule is O=[N+]([O-])c1cnn(Cc2nnc(Cl)s2)c1. The first-order valence-corrected chi connectivity index (χ1v) is 4.99. The third kappa shape index (κ3) is 2.28. The lowest BCUT2D eigenvalue weighted by Gasteiger charge is -1.93. The summed E-state index contributed by atoms with van der Waals surface area (Å²) < 4.78 is 1.75. The van der Waals surface area contributed by atoms with Gasteiger partial charge in [-0.15, -0.1) is 10.2 Å². The van der Waals surface area contributed by atoms with Crippen LogP contribution in [0.25, 0.3) is 0 Å². The van der Waals surface area contributed by atoms with Gasteiger partial charge in [0.1, 0.15) is 17.4 Å². The Morgan fingerprint density at radius 3 is 2.93 bits per heavy atom. The summed E-state index contributed by atoms with van der Waals surface area (Å²) in [6.45, 7) is 0.332. The molecule has 0 spiro atoms. The van der Waals surface area contributed by atoms with Gasteiger partial charge in [0.25, 0.3) is 0 Å². The summed E-state index contributed by atoms with van der Waals surface area (Å²) in [5.41, 5.74) is -0.0504. The van der Waals surface area contributed by atoms with Crippen molar-refractivity contribution in [3.05, 3.63) is 32.0 Å². The average Bonchev–Trinajstić information content (AvgIpc) is 2.76. The van der Waals surface area contributed by atoms with E-state index in [1.54, 1.807) is 0 Å². The molecule has 0 radical (unpaired) electrons. The van der Waals surface area contributed by atoms with Crippen LogP contribution in [0.2, 0.25) is 4.47 Å². The predicted octanol–water partition coefficient (Wildman–Crippen LogP) is 1.34. The van der Waals surface area contributed by atoms with E-state index in [4.69, 9.17) is 11.6 Å². The average molecular weight is 246 g/mol. The van der Waals surface area contributed by atoms with Crippen molar-refractivity contribution < 1.29 is 4.92 Å². The van der Waals surface area contributed by atoms with Gasteiger partial charge in [0, 0.05) is 0 Å². The van der Waals surface area contributed by atoms with Crippen LogP contribution < -0.4 is 0 Å². The van der Waals surface area contributed by atoms with Gasteiger partial charge >= 0.3 is 5.69 Å². The lowest BCUT2D eigenvalue weighted by molar-refractivity contribution is -0.385. The molecule has 0 aliphatic heterocycles. The topological polar surface area (TPSA) is 86.7 Å². The zero-order valence-corrected chi connectivity index (χ0v) is 8.77. The number of nitrogens with zero attached hydrogens (tertiary/aromatic N) is 5. The molecular weight excluding hydrogens is 242 g/mol. The second kappa shape index (κ2) is 3.91. The molecule has 0 aliphatic carbocycles. The van der Waals surface area contributed by atoms with E-state index < -0.39 is 4.92 Å². The van der Waals surface area contributed by atoms with Crippen molar-refractivity contribution in [3.63, 3.8) is 0 Å². The van der Waals surface area contributed by atoms with Crippen LogP contribution in [-0.4, -0.2) is 24.9 Å². The van der Waals surface area contributed by atoms with Crippen LogP contribution >= 0.6 is 22.9 Å². The van der Waals surface area contributed by atoms with Gasteiger partial charge in [-0.25, -0.2) is 0 Å². The lowest BCUT2D eigenvalue weighted by Crippen LogP contribution is -1.99. The number of rotatable bonds is 3. The number of halogens is 1. The summed E-state index contributed by atoms with van der Waals surface area (Å²) >= 11 is 6.80. The summed E-state index contributed by atoms with van der Waals surface area (Å²) in [6, 6.07) is 0. The zero-order valence-electron chi connectivity index (χ0n) is 7.20. The van der Waals surface area contributed by atoms with Crippen LogP contribution in [0.3, 0.4) is 0 Å². The van der Waals surface area contributed by atoms with Crippen molar-refractivity contribution in [1.29, 1.82) is 0 Å². The van der Waals surface area contributed by atoms with Gasteiger partial charge in [-0.05, 0) is 11.6 Å². The minimum atomic E-state index is -0.503. The van der Waals surface area contributed by atoms with Crippen LogP contribution in [0.4, 0.5) is 5.69 Å². The number of hydrogen-bond acceptors (Lipinski definition) is 6. The lowest BCUT2D eigenvalue weighted by atomic mass is 10.6. The monoisotopic (exact) mass is 245 g/mol. The van der Waals surface area contributed by atoms with Crippen LogP contribution in [0.15, 0.2) is 12.4 Å². The molecule has 0 N–H and O–H groups in total. The molecule has 0 fully saturated rings. The second-order valence-corrected chi connectivity index (χ2v) is 4.25. The Morgan fingerprint density at radius 1 is 1.60 bits per heavy atom. The minimum absolute atomic E-state index is 0.0504. The normalized spacial score (nSPS) is 10.5. The van der Waals surface area contributed by atoms with E-state index in [0.29, 0.717) is 16.0 Å². The van der Waals surface area contributed by atoms with Gasteiger partial charge in [0.15, 0.2) is 0 Å². The maximum absolute atomic E-state index is 10.4. The molecule has 0 unspecified atom stereocenters. The molecule has 0 bridgehead atoms. The van der Waals surface area contributed by atoms with Gasteiger partial charge in [0.05, 0.1) is 11.5 Å². The Morgan fingerprint density at radius 2 is 2.40 bits per heavy atom. The van der Waals surface area contributed by atoms with E-state index in [-0.39, 0.29) is 5.69 Å². The first-order valence-electron chi connectivity index (χ1n) is 3.80. The molecule has 15 heavy (non-hydrogen) atoms. The van der Waals surface area contributed by atoms with E-state index in [9.17, 15) is 10.1 Å². The highest BCUT2D eigenvalue weighted by Gasteiger charge is 2.10. The maximum Gasteiger partial charge on any atom is 0.307 e. The molecule has 7 nitrogen and oxygen atoms in total. The Labute approximate surface area is 92.5 Å². The van der Waals surface area contributed by atoms with E-state index in [0.717, 1.165) is 0 Å². The number of nitro groups is 1. The maximum atomic E-state index is 10.4. The fourth-order valence-corrected chi connectivity index (χ4v) is 1.83. The molecule has 9 heteroatoms. The summed E-state index contributed by atoms with van der Waals surface area (Å²) in [6.07, 6.45) is 2.51. The third-order valence-electron chi connectivity index (χ3n) is 1.57. The van der Waals surface area contributed by atoms with Crippen LogP contribution in [0, 0.1) is 10.1 Å². The summed E-state index contributed by atoms with van der Waals surface area (Å²) in [4.78, 5) is 9.87. The molecule has 0 saturated carbocycles. The van der Waals surface area contributed by atoms with Crippen molar-refractivity contribution in [2.24, 2.45) is 0 Å². The fraction of sp³-hybridized carbons (Fsp3) is 0.167. The zero-order chi connectivity index (χ0) is 10.8. The fourth-order valence-electron chi connectivity index (χ4n) is 0.969. The number of aromatic nitrogens is 4. The first kappa shape index (κ1) is 9.99. The van der Waals surface area contributed by atoms with Crippen molar-refractivity contribution in [1.82, 2.24) is 20.0 Å². The van der Waals surface area contributed by atoms with E-state index in [1.165, 1.54) is 28.4 Å². The van der Waals surface area contributed by atoms with Gasteiger partial charge < -0.3 is 0 Å². The molecule has 78 valence electrons. The minimum Gasteiger partial charge on any atom is -0.259 e. The Hall–Kier alpha value is -1.54. The van der Waals surface area contributed by atoms with E-state index in [2.05, 4.69) is 15.3 Å². The Bertz CT molecular complexity index is 495. The quantitative estimate of drug-likeness (QED) is 0.602. The van der Waals surface area contributed by atoms with Crippen LogP contribution in [0.1, 0.15) is 5.01 Å². The molecule has 2 aromatic rings. The standard InChI is InChI=1S/C6H4ClN5O2S/c7-6-10-9-5(15-6)3-11-2-4(1-8-11)12(13)14/h1-2H,3H2. The molecule has 0 amide bonds. The van der Waals surface area contributed by atoms with E-state index in [1.807, 2.05) is 0 Å². The molecule has 0 aromatic carbocycles. The Kier molecular flexibility index (Phi) is 2.60. The predicted molar refractivity (Wildman–Crippen MR) is 52.9 cm³/mol. The van der Waals surface area contributed by atoms with Crippen molar-refractivity contribution in [3.8, 4) is 0 Å².